The second-order valence-electron chi connectivity index (χ2n) is 12.7. The largest absolute Gasteiger partial charge is 0.393 e. The molecule has 1 spiro atoms. The molecule has 0 aromatic heterocycles. The van der Waals surface area contributed by atoms with Gasteiger partial charge in [0.2, 0.25) is 0 Å². The number of rotatable bonds is 4. The highest BCUT2D eigenvalue weighted by Crippen LogP contribution is 2.49. The van der Waals surface area contributed by atoms with Crippen LogP contribution in [-0.2, 0) is 18.4 Å². The van der Waals surface area contributed by atoms with Gasteiger partial charge in [-0.05, 0) is 72.4 Å². The van der Waals surface area contributed by atoms with Crippen LogP contribution in [0.1, 0.15) is 76.9 Å². The van der Waals surface area contributed by atoms with Crippen molar-refractivity contribution in [3.05, 3.63) is 70.3 Å². The number of β-amino-alcohol motifs (C(OH)–C–C–N with tert-alkyl or cyclic N) is 1. The normalized spacial score (nSPS) is 24.9. The summed E-state index contributed by atoms with van der Waals surface area (Å²) in [6.45, 7) is 7.13. The van der Waals surface area contributed by atoms with E-state index < -0.39 is 6.10 Å². The SMILES string of the molecule is CC1(C)CN(C[C@@H](O)[C@@H]2Cc3ccccc3CN2)C(=O)c2ccc(C(=O)N3CCC4(CC3)CC(O)C4)cc21. The van der Waals surface area contributed by atoms with Crippen LogP contribution < -0.4 is 5.32 Å². The molecule has 3 heterocycles. The van der Waals surface area contributed by atoms with Crippen LogP contribution in [0, 0.1) is 5.41 Å². The first-order valence-electron chi connectivity index (χ1n) is 14.0. The molecule has 202 valence electrons. The molecule has 0 radical (unpaired) electrons. The molecule has 7 heteroatoms. The van der Waals surface area contributed by atoms with Crippen LogP contribution in [-0.4, -0.2) is 76.3 Å². The number of hydrogen-bond donors (Lipinski definition) is 3. The molecule has 0 bridgehead atoms. The monoisotopic (exact) mass is 517 g/mol. The van der Waals surface area contributed by atoms with Crippen molar-refractivity contribution in [1.82, 2.24) is 15.1 Å². The van der Waals surface area contributed by atoms with E-state index in [1.807, 2.05) is 23.1 Å². The Morgan fingerprint density at radius 1 is 1.11 bits per heavy atom. The average Bonchev–Trinajstić information content (AvgIpc) is 2.90. The minimum absolute atomic E-state index is 0.0206. The third kappa shape index (κ3) is 4.55. The van der Waals surface area contributed by atoms with Gasteiger partial charge < -0.3 is 25.3 Å². The van der Waals surface area contributed by atoms with Crippen molar-refractivity contribution < 1.29 is 19.8 Å². The average molecular weight is 518 g/mol. The number of carbonyl (C=O) groups is 2. The first-order chi connectivity index (χ1) is 18.1. The maximum absolute atomic E-state index is 13.5. The Balaban J connectivity index is 1.14. The van der Waals surface area contributed by atoms with Gasteiger partial charge in [-0.15, -0.1) is 0 Å². The summed E-state index contributed by atoms with van der Waals surface area (Å²) in [4.78, 5) is 30.6. The Labute approximate surface area is 224 Å². The molecular weight excluding hydrogens is 478 g/mol. The molecule has 2 aromatic rings. The molecule has 2 amide bonds. The van der Waals surface area contributed by atoms with Gasteiger partial charge in [0.05, 0.1) is 12.2 Å². The second kappa shape index (κ2) is 9.47. The van der Waals surface area contributed by atoms with E-state index in [9.17, 15) is 19.8 Å². The number of aliphatic hydroxyl groups is 2. The molecule has 0 unspecified atom stereocenters. The van der Waals surface area contributed by atoms with Gasteiger partial charge in [-0.1, -0.05) is 38.1 Å². The Morgan fingerprint density at radius 3 is 2.53 bits per heavy atom. The molecule has 3 aliphatic heterocycles. The molecule has 6 rings (SSSR count). The minimum atomic E-state index is -0.676. The van der Waals surface area contributed by atoms with Crippen molar-refractivity contribution in [3.63, 3.8) is 0 Å². The highest BCUT2D eigenvalue weighted by atomic mass is 16.3. The van der Waals surface area contributed by atoms with Gasteiger partial charge in [-0.25, -0.2) is 0 Å². The number of nitrogens with zero attached hydrogens (tertiary/aromatic N) is 2. The summed E-state index contributed by atoms with van der Waals surface area (Å²) in [5.41, 5.74) is 4.54. The van der Waals surface area contributed by atoms with Crippen molar-refractivity contribution >= 4 is 11.8 Å². The van der Waals surface area contributed by atoms with Crippen molar-refractivity contribution in [2.75, 3.05) is 26.2 Å². The Kier molecular flexibility index (Phi) is 6.36. The fourth-order valence-electron chi connectivity index (χ4n) is 7.19. The summed E-state index contributed by atoms with van der Waals surface area (Å²) in [7, 11) is 0. The van der Waals surface area contributed by atoms with Crippen molar-refractivity contribution in [2.24, 2.45) is 5.41 Å². The number of aliphatic hydroxyl groups excluding tert-OH is 2. The zero-order valence-corrected chi connectivity index (χ0v) is 22.4. The number of nitrogens with one attached hydrogen (secondary N) is 1. The predicted molar refractivity (Wildman–Crippen MR) is 145 cm³/mol. The van der Waals surface area contributed by atoms with Gasteiger partial charge >= 0.3 is 0 Å². The lowest BCUT2D eigenvalue weighted by Crippen LogP contribution is -2.54. The van der Waals surface area contributed by atoms with E-state index in [0.29, 0.717) is 17.7 Å². The predicted octanol–water partition coefficient (Wildman–Crippen LogP) is 2.87. The number of piperidine rings is 1. The molecule has 7 nitrogen and oxygen atoms in total. The van der Waals surface area contributed by atoms with Gasteiger partial charge in [0.15, 0.2) is 0 Å². The molecule has 2 atom stereocenters. The zero-order valence-electron chi connectivity index (χ0n) is 22.4. The summed E-state index contributed by atoms with van der Waals surface area (Å²) in [5, 5.41) is 24.3. The second-order valence-corrected chi connectivity index (χ2v) is 12.7. The number of benzene rings is 2. The van der Waals surface area contributed by atoms with Crippen LogP contribution in [0.25, 0.3) is 0 Å². The van der Waals surface area contributed by atoms with Gasteiger partial charge in [0.25, 0.3) is 11.8 Å². The van der Waals surface area contributed by atoms with Crippen LogP contribution >= 0.6 is 0 Å². The summed E-state index contributed by atoms with van der Waals surface area (Å²) in [6.07, 6.45) is 3.51. The lowest BCUT2D eigenvalue weighted by Gasteiger charge is -2.50. The van der Waals surface area contributed by atoms with Crippen LogP contribution in [0.2, 0.25) is 0 Å². The maximum atomic E-state index is 13.5. The van der Waals surface area contributed by atoms with Crippen molar-refractivity contribution in [2.45, 2.75) is 76.2 Å². The molecule has 3 N–H and O–H groups in total. The Morgan fingerprint density at radius 2 is 1.82 bits per heavy atom. The van der Waals surface area contributed by atoms with E-state index >= 15 is 0 Å². The molecule has 1 saturated carbocycles. The van der Waals surface area contributed by atoms with E-state index in [-0.39, 0.29) is 41.3 Å². The molecule has 2 aromatic carbocycles. The molecule has 1 saturated heterocycles. The molecule has 4 aliphatic rings. The van der Waals surface area contributed by atoms with E-state index in [1.54, 1.807) is 17.0 Å². The molecule has 38 heavy (non-hydrogen) atoms. The minimum Gasteiger partial charge on any atom is -0.393 e. The van der Waals surface area contributed by atoms with Crippen molar-refractivity contribution in [1.29, 1.82) is 0 Å². The maximum Gasteiger partial charge on any atom is 0.254 e. The van der Waals surface area contributed by atoms with Crippen LogP contribution in [0.5, 0.6) is 0 Å². The first-order valence-corrected chi connectivity index (χ1v) is 14.0. The Hall–Kier alpha value is -2.74. The summed E-state index contributed by atoms with van der Waals surface area (Å²) >= 11 is 0. The fourth-order valence-corrected chi connectivity index (χ4v) is 7.19. The smallest absolute Gasteiger partial charge is 0.254 e. The van der Waals surface area contributed by atoms with E-state index in [4.69, 9.17) is 0 Å². The third-order valence-electron chi connectivity index (χ3n) is 9.53. The lowest BCUT2D eigenvalue weighted by atomic mass is 9.61. The quantitative estimate of drug-likeness (QED) is 0.580. The summed E-state index contributed by atoms with van der Waals surface area (Å²) < 4.78 is 0. The standard InChI is InChI=1S/C31H39N3O4/c1-30(2)19-34(18-27(36)26-14-20-5-3-4-6-22(20)17-32-26)29(38)24-8-7-21(13-25(24)30)28(37)33-11-9-31(10-12-33)15-23(35)16-31/h3-8,13,23,26-27,32,35-36H,9-12,14-19H2,1-2H3/t26-,27+/m0/s1. The lowest BCUT2D eigenvalue weighted by molar-refractivity contribution is -0.0637. The number of likely N-dealkylation sites (tertiary alicyclic amines) is 1. The molecule has 1 aliphatic carbocycles. The fraction of sp³-hybridized carbons (Fsp3) is 0.548. The summed E-state index contributed by atoms with van der Waals surface area (Å²) in [6, 6.07) is 13.7. The van der Waals surface area contributed by atoms with Crippen LogP contribution in [0.4, 0.5) is 0 Å². The molecular formula is C31H39N3O4. The number of amides is 2. The number of fused-ring (bicyclic) bond motifs is 2. The topological polar surface area (TPSA) is 93.1 Å². The van der Waals surface area contributed by atoms with E-state index in [0.717, 1.165) is 57.3 Å². The van der Waals surface area contributed by atoms with Crippen LogP contribution in [0.3, 0.4) is 0 Å². The molecule has 2 fully saturated rings. The third-order valence-corrected chi connectivity index (χ3v) is 9.53. The van der Waals surface area contributed by atoms with Gasteiger partial charge in [0.1, 0.15) is 0 Å². The first kappa shape index (κ1) is 25.5. The van der Waals surface area contributed by atoms with E-state index in [1.165, 1.54) is 11.1 Å². The zero-order chi connectivity index (χ0) is 26.7. The Bertz CT molecular complexity index is 1240. The van der Waals surface area contributed by atoms with Gasteiger partial charge in [-0.3, -0.25) is 9.59 Å². The van der Waals surface area contributed by atoms with Crippen LogP contribution in [0.15, 0.2) is 42.5 Å². The van der Waals surface area contributed by atoms with Gasteiger partial charge in [0, 0.05) is 55.3 Å². The van der Waals surface area contributed by atoms with Gasteiger partial charge in [-0.2, -0.15) is 0 Å². The highest BCUT2D eigenvalue weighted by Gasteiger charge is 2.46. The van der Waals surface area contributed by atoms with E-state index in [2.05, 4.69) is 31.3 Å². The highest BCUT2D eigenvalue weighted by molar-refractivity contribution is 6.00. The van der Waals surface area contributed by atoms with Crippen molar-refractivity contribution in [3.8, 4) is 0 Å². The number of hydrogen-bond acceptors (Lipinski definition) is 5. The summed E-state index contributed by atoms with van der Waals surface area (Å²) in [5.74, 6) is -0.0654. The number of carbonyl (C=O) groups excluding carboxylic acids is 2.